The molecule has 0 aromatic heterocycles. The quantitative estimate of drug-likeness (QED) is 0.804. The molecule has 0 heterocycles. The minimum atomic E-state index is -1.04. The minimum absolute atomic E-state index is 0. The molecule has 0 radical (unpaired) electrons. The maximum absolute atomic E-state index is 10.8. The van der Waals surface area contributed by atoms with Gasteiger partial charge < -0.3 is 5.11 Å². The fourth-order valence-electron chi connectivity index (χ4n) is 1.40. The first-order valence-corrected chi connectivity index (χ1v) is 4.95. The molecule has 2 aromatic rings. The second-order valence-electron chi connectivity index (χ2n) is 3.13. The number of carboxylic acids is 1. The normalized spacial score (nSPS) is 9.88. The predicted molar refractivity (Wildman–Crippen MR) is 68.1 cm³/mol. The van der Waals surface area contributed by atoms with E-state index in [4.69, 9.17) is 28.3 Å². The van der Waals surface area contributed by atoms with Gasteiger partial charge >= 0.3 is 35.5 Å². The Morgan fingerprint density at radius 3 is 2.38 bits per heavy atom. The molecule has 16 heavy (non-hydrogen) atoms. The number of fused-ring (bicyclic) bond motifs is 1. The van der Waals surface area contributed by atoms with Gasteiger partial charge in [0.25, 0.3) is 0 Å². The molecule has 2 rings (SSSR count). The van der Waals surface area contributed by atoms with Gasteiger partial charge in [0.15, 0.2) is 0 Å². The summed E-state index contributed by atoms with van der Waals surface area (Å²) in [4.78, 5) is 10.8. The van der Waals surface area contributed by atoms with E-state index in [2.05, 4.69) is 0 Å². The van der Waals surface area contributed by atoms with Gasteiger partial charge in [-0.25, -0.2) is 4.79 Å². The molecule has 0 aliphatic heterocycles. The van der Waals surface area contributed by atoms with Gasteiger partial charge in [0.05, 0.1) is 10.6 Å². The summed E-state index contributed by atoms with van der Waals surface area (Å²) < 4.78 is 0. The summed E-state index contributed by atoms with van der Waals surface area (Å²) in [6, 6.07) is 8.39. The first-order chi connectivity index (χ1) is 7.08. The van der Waals surface area contributed by atoms with E-state index in [9.17, 15) is 4.79 Å². The Hall–Kier alpha value is -0.250. The van der Waals surface area contributed by atoms with Crippen LogP contribution in [0, 0.1) is 0 Å². The zero-order valence-electron chi connectivity index (χ0n) is 7.50. The number of aromatic carboxylic acids is 1. The Balaban J connectivity index is 0.00000128. The van der Waals surface area contributed by atoms with Crippen LogP contribution in [0.2, 0.25) is 10.0 Å². The van der Waals surface area contributed by atoms with Crippen LogP contribution in [0.4, 0.5) is 0 Å². The first kappa shape index (κ1) is 13.8. The Kier molecular flexibility index (Phi) is 4.65. The Labute approximate surface area is 124 Å². The molecule has 2 nitrogen and oxygen atoms in total. The van der Waals surface area contributed by atoms with Crippen molar-refractivity contribution in [2.45, 2.75) is 0 Å². The molecular formula is C11H7Cl2NaO2. The monoisotopic (exact) mass is 264 g/mol. The van der Waals surface area contributed by atoms with E-state index in [1.165, 1.54) is 6.07 Å². The summed E-state index contributed by atoms with van der Waals surface area (Å²) in [7, 11) is 0. The van der Waals surface area contributed by atoms with Crippen LogP contribution in [0.3, 0.4) is 0 Å². The molecule has 5 heteroatoms. The molecule has 2 aromatic carbocycles. The Morgan fingerprint density at radius 2 is 1.75 bits per heavy atom. The van der Waals surface area contributed by atoms with E-state index in [0.717, 1.165) is 10.8 Å². The number of carboxylic acid groups (broad SMARTS) is 1. The van der Waals surface area contributed by atoms with E-state index >= 15 is 0 Å². The number of benzene rings is 2. The fourth-order valence-corrected chi connectivity index (χ4v) is 1.84. The first-order valence-electron chi connectivity index (χ1n) is 4.20. The zero-order valence-corrected chi connectivity index (χ0v) is 9.01. The number of rotatable bonds is 1. The van der Waals surface area contributed by atoms with Gasteiger partial charge in [0.1, 0.15) is 0 Å². The second-order valence-corrected chi connectivity index (χ2v) is 3.97. The van der Waals surface area contributed by atoms with Crippen molar-refractivity contribution in [2.24, 2.45) is 0 Å². The molecule has 0 aliphatic rings. The van der Waals surface area contributed by atoms with Crippen molar-refractivity contribution in [1.29, 1.82) is 0 Å². The molecule has 0 atom stereocenters. The van der Waals surface area contributed by atoms with Crippen molar-refractivity contribution in [3.05, 3.63) is 45.9 Å². The topological polar surface area (TPSA) is 37.3 Å². The van der Waals surface area contributed by atoms with Crippen LogP contribution in [0.25, 0.3) is 10.8 Å². The van der Waals surface area contributed by atoms with Crippen LogP contribution in [0.5, 0.6) is 0 Å². The zero-order chi connectivity index (χ0) is 11.0. The maximum atomic E-state index is 10.8. The number of hydrogen-bond acceptors (Lipinski definition) is 1. The Bertz CT molecular complexity index is 555. The summed E-state index contributed by atoms with van der Waals surface area (Å²) in [6.07, 6.45) is 0. The van der Waals surface area contributed by atoms with E-state index in [1.54, 1.807) is 24.3 Å². The summed E-state index contributed by atoms with van der Waals surface area (Å²) >= 11 is 11.6. The van der Waals surface area contributed by atoms with E-state index in [1.807, 2.05) is 0 Å². The summed E-state index contributed by atoms with van der Waals surface area (Å²) in [5, 5.41) is 11.3. The van der Waals surface area contributed by atoms with Gasteiger partial charge in [-0.2, -0.15) is 0 Å². The second kappa shape index (κ2) is 5.39. The average Bonchev–Trinajstić information content (AvgIpc) is 2.17. The third kappa shape index (κ3) is 2.70. The molecule has 0 fully saturated rings. The number of halogens is 2. The SMILES string of the molecule is O=C(O)c1cc2cc(Cl)ccc2cc1Cl.[NaH]. The van der Waals surface area contributed by atoms with E-state index < -0.39 is 5.97 Å². The molecule has 78 valence electrons. The van der Waals surface area contributed by atoms with Crippen LogP contribution in [-0.4, -0.2) is 40.6 Å². The van der Waals surface area contributed by atoms with Crippen molar-refractivity contribution in [1.82, 2.24) is 0 Å². The van der Waals surface area contributed by atoms with Crippen LogP contribution in [-0.2, 0) is 0 Å². The number of hydrogen-bond donors (Lipinski definition) is 1. The number of carbonyl (C=O) groups is 1. The van der Waals surface area contributed by atoms with Crippen LogP contribution < -0.4 is 0 Å². The van der Waals surface area contributed by atoms with Crippen LogP contribution >= 0.6 is 23.2 Å². The van der Waals surface area contributed by atoms with Crippen molar-refractivity contribution in [3.63, 3.8) is 0 Å². The molecule has 0 spiro atoms. The fraction of sp³-hybridized carbons (Fsp3) is 0. The summed E-state index contributed by atoms with van der Waals surface area (Å²) in [5.41, 5.74) is 0.0893. The van der Waals surface area contributed by atoms with Gasteiger partial charge in [0, 0.05) is 5.02 Å². The molecule has 0 unspecified atom stereocenters. The molecular weight excluding hydrogens is 258 g/mol. The van der Waals surface area contributed by atoms with Crippen molar-refractivity contribution in [3.8, 4) is 0 Å². The van der Waals surface area contributed by atoms with Crippen molar-refractivity contribution < 1.29 is 9.90 Å². The van der Waals surface area contributed by atoms with E-state index in [-0.39, 0.29) is 40.1 Å². The standard InChI is InChI=1S/C11H6Cl2O2.Na.H/c12-8-2-1-6-5-10(13)9(11(14)15)4-7(6)3-8;;/h1-5H,(H,14,15);;. The van der Waals surface area contributed by atoms with Crippen molar-refractivity contribution in [2.75, 3.05) is 0 Å². The molecule has 0 saturated carbocycles. The third-order valence-electron chi connectivity index (χ3n) is 2.12. The summed E-state index contributed by atoms with van der Waals surface area (Å²) in [5.74, 6) is -1.04. The molecule has 0 bridgehead atoms. The van der Waals surface area contributed by atoms with E-state index in [0.29, 0.717) is 5.02 Å². The molecule has 1 N–H and O–H groups in total. The average molecular weight is 265 g/mol. The van der Waals surface area contributed by atoms with Gasteiger partial charge in [0.2, 0.25) is 0 Å². The third-order valence-corrected chi connectivity index (χ3v) is 2.67. The Morgan fingerprint density at radius 1 is 1.06 bits per heavy atom. The van der Waals surface area contributed by atoms with Gasteiger partial charge in [-0.3, -0.25) is 0 Å². The molecule has 0 saturated heterocycles. The van der Waals surface area contributed by atoms with Crippen LogP contribution in [0.15, 0.2) is 30.3 Å². The van der Waals surface area contributed by atoms with Crippen molar-refractivity contribution >= 4 is 69.5 Å². The molecule has 0 amide bonds. The summed E-state index contributed by atoms with van der Waals surface area (Å²) in [6.45, 7) is 0. The van der Waals surface area contributed by atoms with Crippen LogP contribution in [0.1, 0.15) is 10.4 Å². The predicted octanol–water partition coefficient (Wildman–Crippen LogP) is 3.20. The molecule has 0 aliphatic carbocycles. The van der Waals surface area contributed by atoms with Gasteiger partial charge in [-0.05, 0) is 35.0 Å². The van der Waals surface area contributed by atoms with Gasteiger partial charge in [-0.15, -0.1) is 0 Å². The van der Waals surface area contributed by atoms with Gasteiger partial charge in [-0.1, -0.05) is 29.3 Å².